The first-order chi connectivity index (χ1) is 8.46. The molecule has 2 rings (SSSR count). The van der Waals surface area contributed by atoms with E-state index in [-0.39, 0.29) is 49.0 Å². The topological polar surface area (TPSA) is 46.5 Å². The summed E-state index contributed by atoms with van der Waals surface area (Å²) in [5, 5.41) is 8.83. The minimum Gasteiger partial charge on any atom is -1.00 e. The van der Waals surface area contributed by atoms with Gasteiger partial charge in [-0.15, -0.1) is 0 Å². The molecular weight excluding hydrogens is 262 g/mol. The third kappa shape index (κ3) is 6.55. The zero-order valence-corrected chi connectivity index (χ0v) is 13.1. The third-order valence-corrected chi connectivity index (χ3v) is 4.58. The molecule has 2 saturated carbocycles. The average molecular weight is 294 g/mol. The fourth-order valence-corrected chi connectivity index (χ4v) is 2.99. The van der Waals surface area contributed by atoms with Gasteiger partial charge in [-0.1, -0.05) is 32.6 Å². The summed E-state index contributed by atoms with van der Waals surface area (Å²) in [5.74, 6) is -0.0370. The second-order valence-corrected chi connectivity index (χ2v) is 6.44. The van der Waals surface area contributed by atoms with Gasteiger partial charge in [0.05, 0.1) is 12.5 Å². The molecule has 2 aliphatic rings. The van der Waals surface area contributed by atoms with Gasteiger partial charge >= 0.3 is 24.8 Å². The molecule has 0 aromatic heterocycles. The monoisotopic (exact) mass is 294 g/mol. The van der Waals surface area contributed by atoms with Crippen LogP contribution in [-0.2, 0) is 9.53 Å². The molecule has 2 fully saturated rings. The summed E-state index contributed by atoms with van der Waals surface area (Å²) in [7, 11) is 1.46. The number of methoxy groups -OCH3 is 1. The first kappa shape index (κ1) is 22.8. The minimum atomic E-state index is -0.158. The van der Waals surface area contributed by atoms with Crippen LogP contribution >= 0.6 is 0 Å². The molecule has 0 aliphatic heterocycles. The summed E-state index contributed by atoms with van der Waals surface area (Å²) in [6.45, 7) is 4.54. The molecule has 0 amide bonds. The predicted molar refractivity (Wildman–Crippen MR) is 83.3 cm³/mol. The molecule has 0 heterocycles. The first-order valence-corrected chi connectivity index (χ1v) is 7.15. The van der Waals surface area contributed by atoms with E-state index in [1.807, 2.05) is 6.92 Å². The van der Waals surface area contributed by atoms with E-state index >= 15 is 0 Å². The van der Waals surface area contributed by atoms with E-state index in [0.717, 1.165) is 12.8 Å². The van der Waals surface area contributed by atoms with Crippen molar-refractivity contribution in [2.45, 2.75) is 65.2 Å². The van der Waals surface area contributed by atoms with Crippen molar-refractivity contribution >= 4 is 23.3 Å². The maximum atomic E-state index is 11.1. The Kier molecular flexibility index (Phi) is 11.8. The molecule has 0 radical (unpaired) electrons. The van der Waals surface area contributed by atoms with Crippen molar-refractivity contribution in [3.05, 3.63) is 0 Å². The van der Waals surface area contributed by atoms with E-state index in [2.05, 4.69) is 6.92 Å². The van der Waals surface area contributed by atoms with Crippen LogP contribution in [-0.4, -0.2) is 42.2 Å². The molecule has 20 heavy (non-hydrogen) atoms. The second-order valence-electron chi connectivity index (χ2n) is 6.44. The van der Waals surface area contributed by atoms with Gasteiger partial charge in [0.25, 0.3) is 0 Å². The Balaban J connectivity index is -0.000000274. The van der Waals surface area contributed by atoms with Gasteiger partial charge in [0.15, 0.2) is 17.4 Å². The number of aliphatic hydroxyl groups is 1. The van der Waals surface area contributed by atoms with E-state index in [1.54, 1.807) is 0 Å². The zero-order valence-electron chi connectivity index (χ0n) is 14.1. The van der Waals surface area contributed by atoms with Crippen molar-refractivity contribution < 1.29 is 34.9 Å². The van der Waals surface area contributed by atoms with E-state index in [9.17, 15) is 4.79 Å². The van der Waals surface area contributed by atoms with Crippen molar-refractivity contribution in [1.29, 1.82) is 0 Å². The molecule has 3 nitrogen and oxygen atoms in total. The SMILES string of the molecule is CC1(CO)CCCC1.COC(=O)C1(C)CCCC1.[AlH3].[H-].[Li+]. The van der Waals surface area contributed by atoms with Crippen molar-refractivity contribution in [1.82, 2.24) is 0 Å². The molecule has 114 valence electrons. The second kappa shape index (κ2) is 10.3. The molecule has 0 spiro atoms. The van der Waals surface area contributed by atoms with Crippen LogP contribution in [0, 0.1) is 10.8 Å². The summed E-state index contributed by atoms with van der Waals surface area (Å²) >= 11 is 0. The molecular formula is C15H32AlLiO3. The van der Waals surface area contributed by atoms with Gasteiger partial charge in [-0.2, -0.15) is 0 Å². The van der Waals surface area contributed by atoms with Crippen LogP contribution in [0.25, 0.3) is 0 Å². The van der Waals surface area contributed by atoms with E-state index in [1.165, 1.54) is 45.6 Å². The van der Waals surface area contributed by atoms with Crippen LogP contribution in [0.15, 0.2) is 0 Å². The number of esters is 1. The van der Waals surface area contributed by atoms with Gasteiger partial charge in [-0.3, -0.25) is 4.79 Å². The van der Waals surface area contributed by atoms with Crippen LogP contribution < -0.4 is 18.9 Å². The minimum absolute atomic E-state index is 0. The third-order valence-electron chi connectivity index (χ3n) is 4.58. The fourth-order valence-electron chi connectivity index (χ4n) is 2.99. The Labute approximate surface area is 148 Å². The molecule has 0 aromatic carbocycles. The number of aliphatic hydroxyl groups excluding tert-OH is 1. The Bertz CT molecular complexity index is 278. The summed E-state index contributed by atoms with van der Waals surface area (Å²) in [6.07, 6.45) is 9.43. The summed E-state index contributed by atoms with van der Waals surface area (Å²) < 4.78 is 4.70. The van der Waals surface area contributed by atoms with Gasteiger partial charge in [0.2, 0.25) is 0 Å². The van der Waals surface area contributed by atoms with Gasteiger partial charge in [-0.25, -0.2) is 0 Å². The van der Waals surface area contributed by atoms with Crippen LogP contribution in [0.5, 0.6) is 0 Å². The smallest absolute Gasteiger partial charge is 1.00 e. The van der Waals surface area contributed by atoms with Gasteiger partial charge < -0.3 is 11.3 Å². The molecule has 0 unspecified atom stereocenters. The van der Waals surface area contributed by atoms with E-state index in [0.29, 0.717) is 12.0 Å². The van der Waals surface area contributed by atoms with E-state index < -0.39 is 0 Å². The zero-order chi connectivity index (χ0) is 13.6. The number of rotatable bonds is 2. The van der Waals surface area contributed by atoms with Gasteiger partial charge in [0, 0.05) is 6.61 Å². The normalized spacial score (nSPS) is 21.8. The number of ether oxygens (including phenoxy) is 1. The fraction of sp³-hybridized carbons (Fsp3) is 0.933. The quantitative estimate of drug-likeness (QED) is 0.537. The van der Waals surface area contributed by atoms with Crippen LogP contribution in [0.3, 0.4) is 0 Å². The van der Waals surface area contributed by atoms with Crippen molar-refractivity contribution in [2.24, 2.45) is 10.8 Å². The maximum absolute atomic E-state index is 11.1. The van der Waals surface area contributed by atoms with Crippen LogP contribution in [0.2, 0.25) is 0 Å². The Morgan fingerprint density at radius 1 is 1.10 bits per heavy atom. The maximum Gasteiger partial charge on any atom is 1.00 e. The van der Waals surface area contributed by atoms with Crippen LogP contribution in [0.1, 0.15) is 66.6 Å². The summed E-state index contributed by atoms with van der Waals surface area (Å²) in [6, 6.07) is 0. The molecule has 5 heteroatoms. The molecule has 0 saturated heterocycles. The van der Waals surface area contributed by atoms with Crippen molar-refractivity contribution in [3.8, 4) is 0 Å². The van der Waals surface area contributed by atoms with Crippen molar-refractivity contribution in [3.63, 3.8) is 0 Å². The van der Waals surface area contributed by atoms with E-state index in [4.69, 9.17) is 9.84 Å². The first-order valence-electron chi connectivity index (χ1n) is 7.15. The molecule has 1 N–H and O–H groups in total. The molecule has 0 atom stereocenters. The molecule has 0 bridgehead atoms. The summed E-state index contributed by atoms with van der Waals surface area (Å²) in [5.41, 5.74) is 0.134. The molecule has 2 aliphatic carbocycles. The average Bonchev–Trinajstić information content (AvgIpc) is 3.00. The Morgan fingerprint density at radius 2 is 1.50 bits per heavy atom. The van der Waals surface area contributed by atoms with Gasteiger partial charge in [0.1, 0.15) is 0 Å². The largest absolute Gasteiger partial charge is 1.00 e. The number of hydrogen-bond donors (Lipinski definition) is 1. The Morgan fingerprint density at radius 3 is 1.80 bits per heavy atom. The number of carbonyl (C=O) groups is 1. The Hall–Kier alpha value is 0.560. The number of hydrogen-bond acceptors (Lipinski definition) is 3. The van der Waals surface area contributed by atoms with Gasteiger partial charge in [-0.05, 0) is 38.0 Å². The summed E-state index contributed by atoms with van der Waals surface area (Å²) in [4.78, 5) is 11.1. The number of carbonyl (C=O) groups excluding carboxylic acids is 1. The van der Waals surface area contributed by atoms with Crippen molar-refractivity contribution in [2.75, 3.05) is 13.7 Å². The predicted octanol–water partition coefficient (Wildman–Crippen LogP) is -0.769. The van der Waals surface area contributed by atoms with Crippen LogP contribution in [0.4, 0.5) is 0 Å². The molecule has 0 aromatic rings. The standard InChI is InChI=1S/C8H14O2.C7H14O.Al.Li.4H/c1-8(7(9)10-2)5-3-4-6-8;1-7(6-8)4-2-3-5-7;;;;;;/h3-6H2,1-2H3;8H,2-6H2,1H3;;;;;;/q;;;+1;;;;-1.